The standard InChI is InChI=1S/C14H12ClIN2O2S/c1-14(6-4-12(16)11(15)9-14)21(19,20)18-8-5-10-3-2-7-17-13(10)18/h2-5,7-9H,6H2,1H3. The van der Waals surface area contributed by atoms with Crippen molar-refractivity contribution in [2.45, 2.75) is 18.1 Å². The van der Waals surface area contributed by atoms with Gasteiger partial charge in [-0.25, -0.2) is 17.4 Å². The molecule has 0 saturated heterocycles. The van der Waals surface area contributed by atoms with Gasteiger partial charge in [-0.2, -0.15) is 0 Å². The molecule has 2 aromatic rings. The van der Waals surface area contributed by atoms with Crippen LogP contribution in [0.15, 0.2) is 51.4 Å². The van der Waals surface area contributed by atoms with Gasteiger partial charge in [-0.1, -0.05) is 17.7 Å². The van der Waals surface area contributed by atoms with E-state index < -0.39 is 14.8 Å². The molecule has 1 atom stereocenters. The van der Waals surface area contributed by atoms with E-state index in [1.165, 1.54) is 3.97 Å². The molecular formula is C14H12ClIN2O2S. The maximum atomic E-state index is 13.0. The van der Waals surface area contributed by atoms with Crippen LogP contribution in [0.25, 0.3) is 11.0 Å². The summed E-state index contributed by atoms with van der Waals surface area (Å²) in [5.41, 5.74) is 0.437. The maximum absolute atomic E-state index is 13.0. The first-order chi connectivity index (χ1) is 9.85. The number of hydrogen-bond acceptors (Lipinski definition) is 3. The van der Waals surface area contributed by atoms with Gasteiger partial charge in [0.1, 0.15) is 4.75 Å². The van der Waals surface area contributed by atoms with Gasteiger partial charge in [0.2, 0.25) is 10.0 Å². The predicted octanol–water partition coefficient (Wildman–Crippen LogP) is 3.82. The van der Waals surface area contributed by atoms with Gasteiger partial charge in [-0.3, -0.25) is 0 Å². The monoisotopic (exact) mass is 434 g/mol. The number of aromatic nitrogens is 2. The van der Waals surface area contributed by atoms with Crippen molar-refractivity contribution in [3.63, 3.8) is 0 Å². The fraction of sp³-hybridized carbons (Fsp3) is 0.214. The van der Waals surface area contributed by atoms with Gasteiger partial charge in [0.05, 0.1) is 5.03 Å². The van der Waals surface area contributed by atoms with Crippen molar-refractivity contribution < 1.29 is 8.42 Å². The van der Waals surface area contributed by atoms with Crippen LogP contribution in [0.2, 0.25) is 0 Å². The molecule has 0 radical (unpaired) electrons. The molecule has 0 spiro atoms. The molecule has 2 aromatic heterocycles. The largest absolute Gasteiger partial charge is 0.249 e. The Kier molecular flexibility index (Phi) is 3.66. The molecule has 0 N–H and O–H groups in total. The van der Waals surface area contributed by atoms with Crippen LogP contribution in [0.5, 0.6) is 0 Å². The van der Waals surface area contributed by atoms with Gasteiger partial charge in [0.15, 0.2) is 5.65 Å². The molecule has 0 fully saturated rings. The van der Waals surface area contributed by atoms with E-state index in [1.807, 2.05) is 12.1 Å². The Morgan fingerprint density at radius 1 is 1.43 bits per heavy atom. The molecule has 0 amide bonds. The SMILES string of the molecule is CC1(S(=O)(=O)n2ccc3cccnc32)C=C(Cl)C(I)=CC1. The molecule has 1 aliphatic rings. The Balaban J connectivity index is 2.18. The van der Waals surface area contributed by atoms with Gasteiger partial charge >= 0.3 is 0 Å². The Bertz CT molecular complexity index is 885. The zero-order valence-electron chi connectivity index (χ0n) is 11.1. The molecule has 4 nitrogen and oxygen atoms in total. The van der Waals surface area contributed by atoms with Gasteiger partial charge in [0, 0.05) is 21.4 Å². The molecular weight excluding hydrogens is 423 g/mol. The van der Waals surface area contributed by atoms with E-state index >= 15 is 0 Å². The Morgan fingerprint density at radius 3 is 2.90 bits per heavy atom. The summed E-state index contributed by atoms with van der Waals surface area (Å²) in [5.74, 6) is 0. The van der Waals surface area contributed by atoms with Gasteiger partial charge in [-0.05, 0) is 60.2 Å². The quantitative estimate of drug-likeness (QED) is 0.675. The molecule has 0 bridgehead atoms. The Hall–Kier alpha value is -0.860. The summed E-state index contributed by atoms with van der Waals surface area (Å²) < 4.78 is 27.1. The Labute approximate surface area is 141 Å². The van der Waals surface area contributed by atoms with Crippen molar-refractivity contribution in [2.75, 3.05) is 0 Å². The number of nitrogens with zero attached hydrogens (tertiary/aromatic N) is 2. The van der Waals surface area contributed by atoms with Gasteiger partial charge in [0.25, 0.3) is 0 Å². The highest BCUT2D eigenvalue weighted by Crippen LogP contribution is 2.38. The molecule has 1 aliphatic carbocycles. The zero-order valence-corrected chi connectivity index (χ0v) is 14.9. The lowest BCUT2D eigenvalue weighted by Gasteiger charge is -2.28. The second kappa shape index (κ2) is 5.10. The van der Waals surface area contributed by atoms with E-state index in [-0.39, 0.29) is 0 Å². The first kappa shape index (κ1) is 15.1. The average Bonchev–Trinajstić information content (AvgIpc) is 2.87. The number of rotatable bonds is 2. The summed E-state index contributed by atoms with van der Waals surface area (Å²) in [6.45, 7) is 1.68. The van der Waals surface area contributed by atoms with Crippen LogP contribution in [-0.4, -0.2) is 22.1 Å². The van der Waals surface area contributed by atoms with Crippen molar-refractivity contribution in [3.05, 3.63) is 51.4 Å². The number of allylic oxidation sites excluding steroid dienone is 3. The van der Waals surface area contributed by atoms with Crippen molar-refractivity contribution in [1.82, 2.24) is 8.96 Å². The van der Waals surface area contributed by atoms with Crippen LogP contribution in [0.4, 0.5) is 0 Å². The van der Waals surface area contributed by atoms with Crippen molar-refractivity contribution in [1.29, 1.82) is 0 Å². The van der Waals surface area contributed by atoms with Crippen LogP contribution in [0.3, 0.4) is 0 Å². The summed E-state index contributed by atoms with van der Waals surface area (Å²) >= 11 is 8.24. The summed E-state index contributed by atoms with van der Waals surface area (Å²) in [5, 5.41) is 1.26. The number of pyridine rings is 1. The van der Waals surface area contributed by atoms with Gasteiger partial charge < -0.3 is 0 Å². The van der Waals surface area contributed by atoms with Crippen molar-refractivity contribution in [3.8, 4) is 0 Å². The molecule has 3 rings (SSSR count). The second-order valence-corrected chi connectivity index (χ2v) is 8.94. The van der Waals surface area contributed by atoms with E-state index in [0.717, 1.165) is 8.97 Å². The molecule has 1 unspecified atom stereocenters. The fourth-order valence-corrected chi connectivity index (χ4v) is 4.70. The molecule has 7 heteroatoms. The van der Waals surface area contributed by atoms with Crippen LogP contribution in [0.1, 0.15) is 13.3 Å². The highest BCUT2D eigenvalue weighted by atomic mass is 127. The highest BCUT2D eigenvalue weighted by Gasteiger charge is 2.40. The average molecular weight is 435 g/mol. The van der Waals surface area contributed by atoms with Crippen LogP contribution in [-0.2, 0) is 10.0 Å². The second-order valence-electron chi connectivity index (χ2n) is 5.09. The van der Waals surface area contributed by atoms with Crippen LogP contribution in [0, 0.1) is 0 Å². The maximum Gasteiger partial charge on any atom is 0.249 e. The molecule has 0 aliphatic heterocycles. The minimum Gasteiger partial charge on any atom is -0.237 e. The summed E-state index contributed by atoms with van der Waals surface area (Å²) in [4.78, 5) is 4.18. The minimum absolute atomic E-state index is 0.385. The van der Waals surface area contributed by atoms with E-state index in [4.69, 9.17) is 11.6 Å². The number of hydrogen-bond donors (Lipinski definition) is 0. The third-order valence-corrected chi connectivity index (χ3v) is 7.54. The van der Waals surface area contributed by atoms with Crippen LogP contribution < -0.4 is 0 Å². The first-order valence-electron chi connectivity index (χ1n) is 6.27. The lowest BCUT2D eigenvalue weighted by Crippen LogP contribution is -2.38. The van der Waals surface area contributed by atoms with E-state index in [0.29, 0.717) is 17.1 Å². The fourth-order valence-electron chi connectivity index (χ4n) is 2.33. The minimum atomic E-state index is -3.66. The number of fused-ring (bicyclic) bond motifs is 1. The Morgan fingerprint density at radius 2 is 2.19 bits per heavy atom. The normalized spacial score (nSPS) is 23.0. The highest BCUT2D eigenvalue weighted by molar-refractivity contribution is 14.1. The third kappa shape index (κ3) is 2.33. The van der Waals surface area contributed by atoms with Crippen molar-refractivity contribution >= 4 is 55.2 Å². The molecule has 0 saturated carbocycles. The zero-order chi connectivity index (χ0) is 15.3. The summed E-state index contributed by atoms with van der Waals surface area (Å²) in [7, 11) is -3.66. The third-order valence-electron chi connectivity index (χ3n) is 3.61. The van der Waals surface area contributed by atoms with E-state index in [1.54, 1.807) is 37.5 Å². The van der Waals surface area contributed by atoms with E-state index in [9.17, 15) is 8.42 Å². The molecule has 21 heavy (non-hydrogen) atoms. The van der Waals surface area contributed by atoms with Crippen molar-refractivity contribution in [2.24, 2.45) is 0 Å². The number of halogens is 2. The first-order valence-corrected chi connectivity index (χ1v) is 9.16. The van der Waals surface area contributed by atoms with Crippen LogP contribution >= 0.6 is 34.2 Å². The van der Waals surface area contributed by atoms with E-state index in [2.05, 4.69) is 27.6 Å². The molecule has 2 heterocycles. The lowest BCUT2D eigenvalue weighted by atomic mass is 10.0. The summed E-state index contributed by atoms with van der Waals surface area (Å²) in [6, 6.07) is 5.36. The molecule has 0 aromatic carbocycles. The smallest absolute Gasteiger partial charge is 0.237 e. The summed E-state index contributed by atoms with van der Waals surface area (Å²) in [6.07, 6.45) is 6.98. The molecule has 110 valence electrons. The lowest BCUT2D eigenvalue weighted by molar-refractivity contribution is 0.554. The van der Waals surface area contributed by atoms with Gasteiger partial charge in [-0.15, -0.1) is 0 Å². The topological polar surface area (TPSA) is 52.0 Å². The predicted molar refractivity (Wildman–Crippen MR) is 93.1 cm³/mol.